The van der Waals surface area contributed by atoms with Crippen LogP contribution in [0.5, 0.6) is 0 Å². The molecule has 3 aromatic heterocycles. The van der Waals surface area contributed by atoms with E-state index in [0.717, 1.165) is 42.6 Å². The zero-order valence-corrected chi connectivity index (χ0v) is 18.9. The molecular weight excluding hydrogens is 430 g/mol. The second-order valence-electron chi connectivity index (χ2n) is 8.62. The number of carbonyl (C=O) groups is 1. The predicted molar refractivity (Wildman–Crippen MR) is 131 cm³/mol. The molecule has 1 aliphatic rings. The smallest absolute Gasteiger partial charge is 0.277 e. The summed E-state index contributed by atoms with van der Waals surface area (Å²) < 4.78 is 1.56. The largest absolute Gasteiger partial charge is 0.366 e. The minimum atomic E-state index is -0.360. The van der Waals surface area contributed by atoms with E-state index in [-0.39, 0.29) is 18.0 Å². The number of carbonyl (C=O) groups excluding carboxylic acids is 1. The molecule has 0 radical (unpaired) electrons. The maximum absolute atomic E-state index is 13.0. The monoisotopic (exact) mass is 457 g/mol. The highest BCUT2D eigenvalue weighted by atomic mass is 16.2. The number of amides is 1. The van der Waals surface area contributed by atoms with Gasteiger partial charge < -0.3 is 21.7 Å². The SMILES string of the molecule is Cc1cccc(Nc2cc(NC3CCC(N)CC3)nn3c(C(=O)Nc4ccncn4)cnc23)c1. The Morgan fingerprint density at radius 3 is 2.71 bits per heavy atom. The average molecular weight is 458 g/mol. The molecule has 3 heterocycles. The number of imidazole rings is 1. The topological polar surface area (TPSA) is 135 Å². The molecule has 0 atom stereocenters. The Balaban J connectivity index is 1.50. The number of aromatic nitrogens is 5. The fourth-order valence-electron chi connectivity index (χ4n) is 4.18. The summed E-state index contributed by atoms with van der Waals surface area (Å²) in [7, 11) is 0. The Hall–Kier alpha value is -4.05. The van der Waals surface area contributed by atoms with Crippen molar-refractivity contribution in [1.82, 2.24) is 24.6 Å². The first-order chi connectivity index (χ1) is 16.5. The molecule has 1 fully saturated rings. The zero-order valence-electron chi connectivity index (χ0n) is 18.9. The highest BCUT2D eigenvalue weighted by Gasteiger charge is 2.21. The summed E-state index contributed by atoms with van der Waals surface area (Å²) in [5.74, 6) is 0.707. The molecule has 0 unspecified atom stereocenters. The summed E-state index contributed by atoms with van der Waals surface area (Å²) >= 11 is 0. The Kier molecular flexibility index (Phi) is 6.05. The first-order valence-corrected chi connectivity index (χ1v) is 11.4. The number of anilines is 4. The molecule has 5 N–H and O–H groups in total. The van der Waals surface area contributed by atoms with Gasteiger partial charge in [0.25, 0.3) is 5.91 Å². The molecule has 0 aliphatic heterocycles. The number of rotatable bonds is 6. The summed E-state index contributed by atoms with van der Waals surface area (Å²) in [6.45, 7) is 2.04. The fraction of sp³-hybridized carbons (Fsp3) is 0.292. The fourth-order valence-corrected chi connectivity index (χ4v) is 4.18. The van der Waals surface area contributed by atoms with Crippen LogP contribution in [-0.2, 0) is 0 Å². The summed E-state index contributed by atoms with van der Waals surface area (Å²) in [5.41, 5.74) is 9.73. The van der Waals surface area contributed by atoms with Gasteiger partial charge in [0.2, 0.25) is 0 Å². The lowest BCUT2D eigenvalue weighted by atomic mass is 9.92. The van der Waals surface area contributed by atoms with Crippen molar-refractivity contribution in [2.24, 2.45) is 5.73 Å². The summed E-state index contributed by atoms with van der Waals surface area (Å²) in [4.78, 5) is 25.5. The van der Waals surface area contributed by atoms with Gasteiger partial charge in [-0.2, -0.15) is 0 Å². The predicted octanol–water partition coefficient (Wildman–Crippen LogP) is 3.51. The van der Waals surface area contributed by atoms with Gasteiger partial charge in [-0.3, -0.25) is 4.79 Å². The van der Waals surface area contributed by atoms with Crippen LogP contribution in [0.3, 0.4) is 0 Å². The number of benzene rings is 1. The number of nitrogens with one attached hydrogen (secondary N) is 3. The Morgan fingerprint density at radius 1 is 1.09 bits per heavy atom. The highest BCUT2D eigenvalue weighted by molar-refractivity contribution is 6.03. The lowest BCUT2D eigenvalue weighted by Gasteiger charge is -2.27. The summed E-state index contributed by atoms with van der Waals surface area (Å²) in [5, 5.41) is 14.5. The van der Waals surface area contributed by atoms with Crippen LogP contribution in [0.4, 0.5) is 23.0 Å². The van der Waals surface area contributed by atoms with E-state index in [9.17, 15) is 4.79 Å². The molecule has 0 bridgehead atoms. The molecule has 10 nitrogen and oxygen atoms in total. The average Bonchev–Trinajstić information content (AvgIpc) is 3.26. The molecule has 0 spiro atoms. The van der Waals surface area contributed by atoms with Crippen molar-refractivity contribution >= 4 is 34.6 Å². The molecule has 0 saturated heterocycles. The third-order valence-corrected chi connectivity index (χ3v) is 5.94. The van der Waals surface area contributed by atoms with Crippen LogP contribution in [0, 0.1) is 6.92 Å². The number of hydrogen-bond donors (Lipinski definition) is 4. The molecule has 10 heteroatoms. The first kappa shape index (κ1) is 21.8. The Labute approximate surface area is 197 Å². The summed E-state index contributed by atoms with van der Waals surface area (Å²) in [6, 6.07) is 12.2. The maximum atomic E-state index is 13.0. The highest BCUT2D eigenvalue weighted by Crippen LogP contribution is 2.27. The third-order valence-electron chi connectivity index (χ3n) is 5.94. The van der Waals surface area contributed by atoms with Crippen LogP contribution >= 0.6 is 0 Å². The number of fused-ring (bicyclic) bond motifs is 1. The van der Waals surface area contributed by atoms with Gasteiger partial charge in [-0.15, -0.1) is 5.10 Å². The van der Waals surface area contributed by atoms with Gasteiger partial charge in [-0.05, 0) is 56.4 Å². The standard InChI is InChI=1S/C24H27N9O/c1-15-3-2-4-18(11-15)29-19-12-22(30-17-7-5-16(25)6-8-17)32-33-20(13-27-23(19)33)24(34)31-21-9-10-26-14-28-21/h2-4,9-14,16-17,29H,5-8,25H2,1H3,(H,30,32)(H,26,28,31,34). The van der Waals surface area contributed by atoms with Gasteiger partial charge in [0.05, 0.1) is 11.9 Å². The van der Waals surface area contributed by atoms with Crippen molar-refractivity contribution < 1.29 is 4.79 Å². The van der Waals surface area contributed by atoms with Crippen LogP contribution < -0.4 is 21.7 Å². The second kappa shape index (κ2) is 9.44. The minimum Gasteiger partial charge on any atom is -0.366 e. The number of aryl methyl sites for hydroxylation is 1. The van der Waals surface area contributed by atoms with Gasteiger partial charge in [0.15, 0.2) is 11.3 Å². The Morgan fingerprint density at radius 2 is 1.94 bits per heavy atom. The first-order valence-electron chi connectivity index (χ1n) is 11.4. The van der Waals surface area contributed by atoms with Gasteiger partial charge in [-0.1, -0.05) is 12.1 Å². The second-order valence-corrected chi connectivity index (χ2v) is 8.62. The molecular formula is C24H27N9O. The van der Waals surface area contributed by atoms with Crippen LogP contribution in [0.2, 0.25) is 0 Å². The molecule has 5 rings (SSSR count). The van der Waals surface area contributed by atoms with Crippen molar-refractivity contribution in [1.29, 1.82) is 0 Å². The number of hydrogen-bond acceptors (Lipinski definition) is 8. The molecule has 1 aromatic carbocycles. The number of nitrogens with zero attached hydrogens (tertiary/aromatic N) is 5. The van der Waals surface area contributed by atoms with E-state index in [1.54, 1.807) is 16.8 Å². The van der Waals surface area contributed by atoms with E-state index in [4.69, 9.17) is 10.8 Å². The quantitative estimate of drug-likeness (QED) is 0.345. The van der Waals surface area contributed by atoms with Crippen LogP contribution in [0.15, 0.2) is 55.1 Å². The van der Waals surface area contributed by atoms with Gasteiger partial charge in [0, 0.05) is 30.0 Å². The molecule has 34 heavy (non-hydrogen) atoms. The van der Waals surface area contributed by atoms with Crippen molar-refractivity contribution in [3.8, 4) is 0 Å². The van der Waals surface area contributed by atoms with E-state index < -0.39 is 0 Å². The van der Waals surface area contributed by atoms with Crippen LogP contribution in [0.25, 0.3) is 5.65 Å². The third kappa shape index (κ3) is 4.81. The lowest BCUT2D eigenvalue weighted by Crippen LogP contribution is -2.33. The molecule has 174 valence electrons. The molecule has 1 aliphatic carbocycles. The Bertz CT molecular complexity index is 1300. The van der Waals surface area contributed by atoms with E-state index >= 15 is 0 Å². The zero-order chi connectivity index (χ0) is 23.5. The minimum absolute atomic E-state index is 0.262. The molecule has 1 saturated carbocycles. The van der Waals surface area contributed by atoms with Crippen LogP contribution in [-0.4, -0.2) is 42.6 Å². The van der Waals surface area contributed by atoms with E-state index in [2.05, 4.69) is 37.0 Å². The maximum Gasteiger partial charge on any atom is 0.277 e. The van der Waals surface area contributed by atoms with Gasteiger partial charge in [0.1, 0.15) is 18.0 Å². The van der Waals surface area contributed by atoms with Gasteiger partial charge in [-0.25, -0.2) is 19.5 Å². The van der Waals surface area contributed by atoms with Crippen molar-refractivity contribution in [3.63, 3.8) is 0 Å². The number of nitrogens with two attached hydrogens (primary N) is 1. The van der Waals surface area contributed by atoms with Gasteiger partial charge >= 0.3 is 0 Å². The lowest BCUT2D eigenvalue weighted by molar-refractivity contribution is 0.102. The van der Waals surface area contributed by atoms with E-state index in [1.807, 2.05) is 31.2 Å². The van der Waals surface area contributed by atoms with Crippen molar-refractivity contribution in [3.05, 3.63) is 66.4 Å². The van der Waals surface area contributed by atoms with Crippen molar-refractivity contribution in [2.45, 2.75) is 44.7 Å². The van der Waals surface area contributed by atoms with Crippen molar-refractivity contribution in [2.75, 3.05) is 16.0 Å². The van der Waals surface area contributed by atoms with E-state index in [0.29, 0.717) is 23.0 Å². The summed E-state index contributed by atoms with van der Waals surface area (Å²) in [6.07, 6.45) is 8.38. The molecule has 1 amide bonds. The normalized spacial score (nSPS) is 17.9. The van der Waals surface area contributed by atoms with Crippen LogP contribution in [0.1, 0.15) is 41.7 Å². The molecule has 4 aromatic rings. The van der Waals surface area contributed by atoms with E-state index in [1.165, 1.54) is 12.5 Å².